The van der Waals surface area contributed by atoms with E-state index in [0.29, 0.717) is 6.54 Å². The van der Waals surface area contributed by atoms with E-state index < -0.39 is 17.7 Å². The van der Waals surface area contributed by atoms with Crippen LogP contribution < -0.4 is 10.6 Å². The average Bonchev–Trinajstić information content (AvgIpc) is 2.40. The Balaban J connectivity index is 2.62. The Morgan fingerprint density at radius 2 is 1.87 bits per heavy atom. The maximum atomic E-state index is 12.4. The van der Waals surface area contributed by atoms with Gasteiger partial charge in [0.15, 0.2) is 0 Å². The monoisotopic (exact) mass is 320 g/mol. The van der Waals surface area contributed by atoms with E-state index in [1.807, 2.05) is 45.0 Å². The molecule has 0 fully saturated rings. The van der Waals surface area contributed by atoms with Crippen molar-refractivity contribution in [3.8, 4) is 0 Å². The third-order valence-corrected chi connectivity index (χ3v) is 3.17. The molecule has 0 aliphatic rings. The van der Waals surface area contributed by atoms with Crippen LogP contribution in [0.3, 0.4) is 0 Å². The molecule has 1 atom stereocenters. The van der Waals surface area contributed by atoms with E-state index in [2.05, 4.69) is 10.6 Å². The third-order valence-electron chi connectivity index (χ3n) is 3.17. The maximum Gasteiger partial charge on any atom is 0.408 e. The second-order valence-corrected chi connectivity index (χ2v) is 7.07. The van der Waals surface area contributed by atoms with Crippen molar-refractivity contribution in [1.82, 2.24) is 10.6 Å². The molecule has 1 rings (SSSR count). The molecule has 0 aliphatic carbocycles. The van der Waals surface area contributed by atoms with Crippen molar-refractivity contribution in [2.75, 3.05) is 0 Å². The molecule has 0 spiro atoms. The van der Waals surface area contributed by atoms with E-state index >= 15 is 0 Å². The number of rotatable bonds is 5. The molecular formula is C18H28N2O3. The minimum Gasteiger partial charge on any atom is -0.444 e. The molecule has 0 unspecified atom stereocenters. The van der Waals surface area contributed by atoms with Gasteiger partial charge in [0.25, 0.3) is 0 Å². The Hall–Kier alpha value is -2.04. The highest BCUT2D eigenvalue weighted by Gasteiger charge is 2.26. The zero-order valence-corrected chi connectivity index (χ0v) is 14.9. The average molecular weight is 320 g/mol. The van der Waals surface area contributed by atoms with Gasteiger partial charge in [-0.3, -0.25) is 4.79 Å². The fraction of sp³-hybridized carbons (Fsp3) is 0.556. The smallest absolute Gasteiger partial charge is 0.408 e. The standard InChI is InChI=1S/C18H28N2O3/c1-12(2)15(20-17(22)23-18(4,5)6)16(21)19-11-14-9-7-8-13(3)10-14/h7-10,12,15H,11H2,1-6H3,(H,19,21)(H,20,22)/t15-/m0/s1. The molecule has 0 saturated carbocycles. The van der Waals surface area contributed by atoms with Gasteiger partial charge in [0.1, 0.15) is 11.6 Å². The number of benzene rings is 1. The van der Waals surface area contributed by atoms with Gasteiger partial charge in [0.2, 0.25) is 5.91 Å². The van der Waals surface area contributed by atoms with Gasteiger partial charge in [-0.1, -0.05) is 43.7 Å². The zero-order valence-electron chi connectivity index (χ0n) is 14.9. The Labute approximate surface area is 138 Å². The maximum absolute atomic E-state index is 12.4. The van der Waals surface area contributed by atoms with Crippen LogP contribution in [-0.2, 0) is 16.1 Å². The van der Waals surface area contributed by atoms with Crippen LogP contribution in [0, 0.1) is 12.8 Å². The van der Waals surface area contributed by atoms with Crippen LogP contribution in [0.2, 0.25) is 0 Å². The molecule has 128 valence electrons. The van der Waals surface area contributed by atoms with Crippen LogP contribution in [0.5, 0.6) is 0 Å². The highest BCUT2D eigenvalue weighted by molar-refractivity contribution is 5.85. The summed E-state index contributed by atoms with van der Waals surface area (Å²) in [5.74, 6) is -0.257. The third kappa shape index (κ3) is 7.17. The van der Waals surface area contributed by atoms with Crippen molar-refractivity contribution in [3.05, 3.63) is 35.4 Å². The molecule has 0 radical (unpaired) electrons. The quantitative estimate of drug-likeness (QED) is 0.875. The number of nitrogens with one attached hydrogen (secondary N) is 2. The van der Waals surface area contributed by atoms with E-state index in [0.717, 1.165) is 11.1 Å². The zero-order chi connectivity index (χ0) is 17.6. The van der Waals surface area contributed by atoms with E-state index in [9.17, 15) is 9.59 Å². The van der Waals surface area contributed by atoms with Crippen LogP contribution in [0.15, 0.2) is 24.3 Å². The number of hydrogen-bond donors (Lipinski definition) is 2. The molecule has 0 saturated heterocycles. The lowest BCUT2D eigenvalue weighted by Gasteiger charge is -2.25. The van der Waals surface area contributed by atoms with Crippen LogP contribution >= 0.6 is 0 Å². The predicted molar refractivity (Wildman–Crippen MR) is 91.0 cm³/mol. The van der Waals surface area contributed by atoms with Crippen molar-refractivity contribution < 1.29 is 14.3 Å². The summed E-state index contributed by atoms with van der Waals surface area (Å²) in [6.45, 7) is 11.6. The summed E-state index contributed by atoms with van der Waals surface area (Å²) in [5, 5.41) is 5.51. The first-order chi connectivity index (χ1) is 10.6. The fourth-order valence-corrected chi connectivity index (χ4v) is 2.09. The number of carbonyl (C=O) groups excluding carboxylic acids is 2. The van der Waals surface area contributed by atoms with Gasteiger partial charge >= 0.3 is 6.09 Å². The van der Waals surface area contributed by atoms with Gasteiger partial charge in [-0.05, 0) is 39.2 Å². The summed E-state index contributed by atoms with van der Waals surface area (Å²) >= 11 is 0. The minimum absolute atomic E-state index is 0.0416. The van der Waals surface area contributed by atoms with Crippen LogP contribution in [-0.4, -0.2) is 23.6 Å². The summed E-state index contributed by atoms with van der Waals surface area (Å²) < 4.78 is 5.22. The molecule has 5 heteroatoms. The van der Waals surface area contributed by atoms with Crippen molar-refractivity contribution in [3.63, 3.8) is 0 Å². The van der Waals surface area contributed by atoms with Crippen molar-refractivity contribution in [2.24, 2.45) is 5.92 Å². The van der Waals surface area contributed by atoms with Gasteiger partial charge in [-0.15, -0.1) is 0 Å². The molecule has 0 aromatic heterocycles. The number of hydrogen-bond acceptors (Lipinski definition) is 3. The molecule has 1 aromatic carbocycles. The Bertz CT molecular complexity index is 547. The molecule has 2 amide bonds. The summed E-state index contributed by atoms with van der Waals surface area (Å²) in [6, 6.07) is 7.31. The summed E-state index contributed by atoms with van der Waals surface area (Å²) in [6.07, 6.45) is -0.582. The molecule has 2 N–H and O–H groups in total. The van der Waals surface area contributed by atoms with Gasteiger partial charge in [-0.25, -0.2) is 4.79 Å². The molecule has 0 bridgehead atoms. The lowest BCUT2D eigenvalue weighted by Crippen LogP contribution is -2.50. The minimum atomic E-state index is -0.630. The van der Waals surface area contributed by atoms with Crippen molar-refractivity contribution in [1.29, 1.82) is 0 Å². The van der Waals surface area contributed by atoms with Gasteiger partial charge in [-0.2, -0.15) is 0 Å². The van der Waals surface area contributed by atoms with E-state index in [4.69, 9.17) is 4.74 Å². The molecule has 5 nitrogen and oxygen atoms in total. The molecule has 23 heavy (non-hydrogen) atoms. The first-order valence-corrected chi connectivity index (χ1v) is 7.91. The number of alkyl carbamates (subject to hydrolysis) is 1. The predicted octanol–water partition coefficient (Wildman–Crippen LogP) is 3.16. The molecule has 0 heterocycles. The van der Waals surface area contributed by atoms with E-state index in [1.165, 1.54) is 0 Å². The summed E-state index contributed by atoms with van der Waals surface area (Å²) in [4.78, 5) is 24.2. The highest BCUT2D eigenvalue weighted by atomic mass is 16.6. The summed E-state index contributed by atoms with van der Waals surface area (Å²) in [5.41, 5.74) is 1.58. The van der Waals surface area contributed by atoms with Crippen LogP contribution in [0.25, 0.3) is 0 Å². The first kappa shape index (κ1) is 19.0. The Morgan fingerprint density at radius 1 is 1.22 bits per heavy atom. The van der Waals surface area contributed by atoms with Crippen LogP contribution in [0.1, 0.15) is 45.7 Å². The van der Waals surface area contributed by atoms with Gasteiger partial charge < -0.3 is 15.4 Å². The second kappa shape index (κ2) is 7.99. The number of carbonyl (C=O) groups is 2. The van der Waals surface area contributed by atoms with Gasteiger partial charge in [0, 0.05) is 6.54 Å². The first-order valence-electron chi connectivity index (χ1n) is 7.91. The molecule has 0 aliphatic heterocycles. The second-order valence-electron chi connectivity index (χ2n) is 7.07. The molecular weight excluding hydrogens is 292 g/mol. The number of ether oxygens (including phenoxy) is 1. The fourth-order valence-electron chi connectivity index (χ4n) is 2.09. The van der Waals surface area contributed by atoms with Crippen LogP contribution in [0.4, 0.5) is 4.79 Å². The normalized spacial score (nSPS) is 12.7. The van der Waals surface area contributed by atoms with Gasteiger partial charge in [0.05, 0.1) is 0 Å². The molecule has 1 aromatic rings. The lowest BCUT2D eigenvalue weighted by atomic mass is 10.0. The Morgan fingerprint density at radius 3 is 2.39 bits per heavy atom. The topological polar surface area (TPSA) is 67.4 Å². The largest absolute Gasteiger partial charge is 0.444 e. The van der Waals surface area contributed by atoms with Crippen molar-refractivity contribution >= 4 is 12.0 Å². The lowest BCUT2D eigenvalue weighted by molar-refractivity contribution is -0.124. The number of amides is 2. The highest BCUT2D eigenvalue weighted by Crippen LogP contribution is 2.09. The summed E-state index contributed by atoms with van der Waals surface area (Å²) in [7, 11) is 0. The van der Waals surface area contributed by atoms with Crippen molar-refractivity contribution in [2.45, 2.75) is 59.7 Å². The SMILES string of the molecule is Cc1cccc(CNC(=O)[C@@H](NC(=O)OC(C)(C)C)C(C)C)c1. The Kier molecular flexibility index (Phi) is 6.61. The number of aryl methyl sites for hydroxylation is 1. The van der Waals surface area contributed by atoms with E-state index in [1.54, 1.807) is 20.8 Å². The van der Waals surface area contributed by atoms with E-state index in [-0.39, 0.29) is 11.8 Å².